The summed E-state index contributed by atoms with van der Waals surface area (Å²) in [7, 11) is 0. The van der Waals surface area contributed by atoms with Gasteiger partial charge in [-0.2, -0.15) is 0 Å². The van der Waals surface area contributed by atoms with E-state index in [-0.39, 0.29) is 17.9 Å². The van der Waals surface area contributed by atoms with Crippen molar-refractivity contribution >= 4 is 29.1 Å². The largest absolute Gasteiger partial charge is 0.329 e. The van der Waals surface area contributed by atoms with E-state index in [1.807, 2.05) is 78.6 Å². The monoisotopic (exact) mass is 464 g/mol. The van der Waals surface area contributed by atoms with Crippen molar-refractivity contribution in [3.63, 3.8) is 0 Å². The fraction of sp³-hybridized carbons (Fsp3) is 0.259. The molecule has 0 bridgehead atoms. The van der Waals surface area contributed by atoms with Crippen LogP contribution in [0, 0.1) is 5.41 Å². The highest BCUT2D eigenvalue weighted by Gasteiger charge is 2.49. The van der Waals surface area contributed by atoms with E-state index < -0.39 is 5.41 Å². The van der Waals surface area contributed by atoms with E-state index in [0.29, 0.717) is 29.4 Å². The average molecular weight is 465 g/mol. The Morgan fingerprint density at radius 2 is 1.84 bits per heavy atom. The lowest BCUT2D eigenvalue weighted by Crippen LogP contribution is -2.51. The summed E-state index contributed by atoms with van der Waals surface area (Å²) >= 11 is 12.6. The summed E-state index contributed by atoms with van der Waals surface area (Å²) in [4.78, 5) is 20.4. The van der Waals surface area contributed by atoms with Gasteiger partial charge in [0.05, 0.1) is 23.7 Å². The lowest BCUT2D eigenvalue weighted by atomic mass is 9.67. The zero-order valence-electron chi connectivity index (χ0n) is 18.0. The summed E-state index contributed by atoms with van der Waals surface area (Å²) in [5.41, 5.74) is 2.45. The molecule has 1 saturated heterocycles. The van der Waals surface area contributed by atoms with Crippen molar-refractivity contribution in [2.45, 2.75) is 38.3 Å². The van der Waals surface area contributed by atoms with E-state index in [1.54, 1.807) is 6.20 Å². The number of nitrogens with zero attached hydrogens (tertiary/aromatic N) is 2. The summed E-state index contributed by atoms with van der Waals surface area (Å²) in [6, 6.07) is 21.4. The van der Waals surface area contributed by atoms with Gasteiger partial charge in [0.1, 0.15) is 0 Å². The molecule has 3 atom stereocenters. The average Bonchev–Trinajstić information content (AvgIpc) is 2.79. The number of aromatic nitrogens is 1. The zero-order valence-corrected chi connectivity index (χ0v) is 19.6. The molecule has 1 aliphatic heterocycles. The molecule has 2 heterocycles. The lowest BCUT2D eigenvalue weighted by molar-refractivity contribution is -0.151. The Morgan fingerprint density at radius 3 is 2.50 bits per heavy atom. The number of carbonyl (C=O) groups is 1. The van der Waals surface area contributed by atoms with Crippen LogP contribution in [-0.4, -0.2) is 15.8 Å². The Morgan fingerprint density at radius 1 is 1.06 bits per heavy atom. The van der Waals surface area contributed by atoms with Crippen molar-refractivity contribution in [3.05, 3.63) is 112 Å². The third kappa shape index (κ3) is 4.60. The van der Waals surface area contributed by atoms with Crippen LogP contribution in [-0.2, 0) is 11.3 Å². The topological polar surface area (TPSA) is 33.2 Å². The van der Waals surface area contributed by atoms with Crippen molar-refractivity contribution in [2.24, 2.45) is 5.41 Å². The number of piperidine rings is 1. The van der Waals surface area contributed by atoms with Gasteiger partial charge in [-0.25, -0.2) is 0 Å². The Kier molecular flexibility index (Phi) is 6.68. The third-order valence-electron chi connectivity index (χ3n) is 6.31. The molecule has 1 amide bonds. The first-order chi connectivity index (χ1) is 15.4. The van der Waals surface area contributed by atoms with Gasteiger partial charge in [0.15, 0.2) is 0 Å². The van der Waals surface area contributed by atoms with Crippen molar-refractivity contribution in [1.82, 2.24) is 9.88 Å². The molecule has 1 aliphatic rings. The first-order valence-corrected chi connectivity index (χ1v) is 11.5. The van der Waals surface area contributed by atoms with Gasteiger partial charge in [-0.3, -0.25) is 9.78 Å². The number of allylic oxidation sites excluding steroid dienone is 1. The molecular formula is C27H26Cl2N2O. The number of rotatable bonds is 6. The third-order valence-corrected chi connectivity index (χ3v) is 6.79. The van der Waals surface area contributed by atoms with Crippen LogP contribution in [0.4, 0.5) is 0 Å². The summed E-state index contributed by atoms with van der Waals surface area (Å²) in [6.07, 6.45) is 4.91. The fourth-order valence-corrected chi connectivity index (χ4v) is 5.13. The standard InChI is InChI=1S/C27H26Cl2N2O/c1-3-14-27(2)17-24(20-7-6-8-22(29)16-20)25(19-10-12-21(28)13-11-19)31(26(27)32)18-23-9-4-5-15-30-23/h3-13,15-16,24-25H,1,14,17-18H2,2H3/t24-,25-,27+/m1/s1. The molecular weight excluding hydrogens is 439 g/mol. The van der Waals surface area contributed by atoms with E-state index in [9.17, 15) is 4.79 Å². The van der Waals surface area contributed by atoms with Crippen molar-refractivity contribution in [3.8, 4) is 0 Å². The minimum absolute atomic E-state index is 0.0567. The molecule has 3 aromatic rings. The maximum Gasteiger partial charge on any atom is 0.229 e. The smallest absolute Gasteiger partial charge is 0.229 e. The van der Waals surface area contributed by atoms with Crippen molar-refractivity contribution < 1.29 is 4.79 Å². The normalized spacial score (nSPS) is 23.2. The second kappa shape index (κ2) is 9.48. The highest BCUT2D eigenvalue weighted by atomic mass is 35.5. The van der Waals surface area contributed by atoms with E-state index >= 15 is 0 Å². The molecule has 0 spiro atoms. The first-order valence-electron chi connectivity index (χ1n) is 10.7. The minimum atomic E-state index is -0.563. The number of benzene rings is 2. The maximum atomic E-state index is 13.9. The van der Waals surface area contributed by atoms with Crippen LogP contribution >= 0.6 is 23.2 Å². The van der Waals surface area contributed by atoms with Crippen LogP contribution < -0.4 is 0 Å². The molecule has 32 heavy (non-hydrogen) atoms. The second-order valence-corrected chi connectivity index (χ2v) is 9.54. The number of carbonyl (C=O) groups excluding carboxylic acids is 1. The highest BCUT2D eigenvalue weighted by Crippen LogP contribution is 2.51. The van der Waals surface area contributed by atoms with Gasteiger partial charge in [0.25, 0.3) is 0 Å². The molecule has 164 valence electrons. The number of hydrogen-bond acceptors (Lipinski definition) is 2. The van der Waals surface area contributed by atoms with E-state index in [4.69, 9.17) is 23.2 Å². The lowest BCUT2D eigenvalue weighted by Gasteiger charge is -2.49. The minimum Gasteiger partial charge on any atom is -0.329 e. The summed E-state index contributed by atoms with van der Waals surface area (Å²) < 4.78 is 0. The van der Waals surface area contributed by atoms with Crippen molar-refractivity contribution in [1.29, 1.82) is 0 Å². The molecule has 1 aromatic heterocycles. The molecule has 0 unspecified atom stereocenters. The van der Waals surface area contributed by atoms with Crippen LogP contribution in [0.15, 0.2) is 85.6 Å². The Balaban J connectivity index is 1.87. The van der Waals surface area contributed by atoms with Crippen LogP contribution in [0.1, 0.15) is 48.5 Å². The summed E-state index contributed by atoms with van der Waals surface area (Å²) in [5.74, 6) is 0.169. The molecule has 4 rings (SSSR count). The zero-order chi connectivity index (χ0) is 22.7. The Bertz CT molecular complexity index is 1100. The predicted octanol–water partition coefficient (Wildman–Crippen LogP) is 7.23. The van der Waals surface area contributed by atoms with Crippen LogP contribution in [0.5, 0.6) is 0 Å². The fourth-order valence-electron chi connectivity index (χ4n) is 4.81. The highest BCUT2D eigenvalue weighted by molar-refractivity contribution is 6.30. The number of amides is 1. The molecule has 0 radical (unpaired) electrons. The molecule has 1 fully saturated rings. The number of likely N-dealkylation sites (tertiary alicyclic amines) is 1. The van der Waals surface area contributed by atoms with Gasteiger partial charge in [-0.05, 0) is 60.4 Å². The molecule has 5 heteroatoms. The van der Waals surface area contributed by atoms with Gasteiger partial charge in [0, 0.05) is 22.2 Å². The summed E-state index contributed by atoms with van der Waals surface area (Å²) in [5, 5.41) is 1.36. The Hall–Kier alpha value is -2.62. The molecule has 3 nitrogen and oxygen atoms in total. The SMILES string of the molecule is C=CC[C@@]1(C)C[C@H](c2cccc(Cl)c2)[C@@H](c2ccc(Cl)cc2)N(Cc2ccccn2)C1=O. The van der Waals surface area contributed by atoms with Gasteiger partial charge in [0.2, 0.25) is 5.91 Å². The second-order valence-electron chi connectivity index (χ2n) is 8.67. The van der Waals surface area contributed by atoms with E-state index in [2.05, 4.69) is 17.6 Å². The summed E-state index contributed by atoms with van der Waals surface area (Å²) in [6.45, 7) is 6.39. The quantitative estimate of drug-likeness (QED) is 0.360. The van der Waals surface area contributed by atoms with Gasteiger partial charge >= 0.3 is 0 Å². The molecule has 0 N–H and O–H groups in total. The van der Waals surface area contributed by atoms with Gasteiger partial charge < -0.3 is 4.90 Å². The van der Waals surface area contributed by atoms with E-state index in [0.717, 1.165) is 16.8 Å². The maximum absolute atomic E-state index is 13.9. The molecule has 0 saturated carbocycles. The van der Waals surface area contributed by atoms with Crippen LogP contribution in [0.25, 0.3) is 0 Å². The van der Waals surface area contributed by atoms with Crippen molar-refractivity contribution in [2.75, 3.05) is 0 Å². The molecule has 0 aliphatic carbocycles. The number of halogens is 2. The van der Waals surface area contributed by atoms with Crippen LogP contribution in [0.2, 0.25) is 10.0 Å². The first kappa shape index (κ1) is 22.6. The van der Waals surface area contributed by atoms with Crippen LogP contribution in [0.3, 0.4) is 0 Å². The van der Waals surface area contributed by atoms with Gasteiger partial charge in [-0.15, -0.1) is 6.58 Å². The predicted molar refractivity (Wildman–Crippen MR) is 131 cm³/mol. The number of hydrogen-bond donors (Lipinski definition) is 0. The molecule has 2 aromatic carbocycles. The van der Waals surface area contributed by atoms with Gasteiger partial charge in [-0.1, -0.05) is 66.5 Å². The van der Waals surface area contributed by atoms with E-state index in [1.165, 1.54) is 0 Å². The Labute approximate surface area is 199 Å². The number of pyridine rings is 1.